The van der Waals surface area contributed by atoms with Gasteiger partial charge in [0.05, 0.1) is 9.83 Å². The molecule has 1 heterocycles. The van der Waals surface area contributed by atoms with Crippen LogP contribution in [0.25, 0.3) is 6.08 Å². The summed E-state index contributed by atoms with van der Waals surface area (Å²) in [5.41, 5.74) is 1.46. The quantitative estimate of drug-likeness (QED) is 0.134. The van der Waals surface area contributed by atoms with Crippen LogP contribution < -0.4 is 9.47 Å². The molecular weight excluding hydrogens is 436 g/mol. The molecule has 1 fully saturated rings. The fourth-order valence-electron chi connectivity index (χ4n) is 2.77. The number of rotatable bonds is 9. The van der Waals surface area contributed by atoms with Gasteiger partial charge in [-0.3, -0.25) is 19.8 Å². The van der Waals surface area contributed by atoms with E-state index in [4.69, 9.17) is 21.7 Å². The van der Waals surface area contributed by atoms with Crippen LogP contribution in [0.2, 0.25) is 0 Å². The van der Waals surface area contributed by atoms with Crippen LogP contribution in [0.15, 0.2) is 60.0 Å². The average Bonchev–Trinajstić information content (AvgIpc) is 3.01. The summed E-state index contributed by atoms with van der Waals surface area (Å²) in [6, 6.07) is 11.9. The predicted molar refractivity (Wildman–Crippen MR) is 125 cm³/mol. The van der Waals surface area contributed by atoms with E-state index in [1.165, 1.54) is 23.1 Å². The van der Waals surface area contributed by atoms with Crippen molar-refractivity contribution in [3.05, 3.63) is 81.3 Å². The highest BCUT2D eigenvalue weighted by molar-refractivity contribution is 8.26. The maximum Gasteiger partial charge on any atom is 0.270 e. The van der Waals surface area contributed by atoms with Crippen LogP contribution in [0, 0.1) is 17.0 Å². The van der Waals surface area contributed by atoms with Gasteiger partial charge in [0, 0.05) is 24.2 Å². The average molecular weight is 457 g/mol. The van der Waals surface area contributed by atoms with Gasteiger partial charge in [0.1, 0.15) is 29.0 Å². The zero-order chi connectivity index (χ0) is 22.4. The van der Waals surface area contributed by atoms with Crippen molar-refractivity contribution in [2.45, 2.75) is 6.92 Å². The topological polar surface area (TPSA) is 81.9 Å². The summed E-state index contributed by atoms with van der Waals surface area (Å²) in [5.74, 6) is 0.867. The van der Waals surface area contributed by atoms with Crippen LogP contribution >= 0.6 is 24.0 Å². The lowest BCUT2D eigenvalue weighted by Crippen LogP contribution is -2.27. The van der Waals surface area contributed by atoms with Gasteiger partial charge in [0.25, 0.3) is 11.6 Å². The Morgan fingerprint density at radius 2 is 1.90 bits per heavy atom. The number of amides is 1. The van der Waals surface area contributed by atoms with Crippen LogP contribution in [-0.2, 0) is 4.79 Å². The number of hydrogen-bond donors (Lipinski definition) is 0. The van der Waals surface area contributed by atoms with Gasteiger partial charge in [-0.2, -0.15) is 0 Å². The number of carbonyl (C=O) groups is 1. The van der Waals surface area contributed by atoms with Crippen molar-refractivity contribution in [3.8, 4) is 11.5 Å². The van der Waals surface area contributed by atoms with E-state index in [2.05, 4.69) is 6.58 Å². The summed E-state index contributed by atoms with van der Waals surface area (Å²) in [6.45, 7) is 6.44. The van der Waals surface area contributed by atoms with Crippen molar-refractivity contribution in [2.75, 3.05) is 19.8 Å². The molecule has 7 nitrogen and oxygen atoms in total. The van der Waals surface area contributed by atoms with Gasteiger partial charge >= 0.3 is 0 Å². The van der Waals surface area contributed by atoms with Gasteiger partial charge in [-0.05, 0) is 31.2 Å². The first-order valence-electron chi connectivity index (χ1n) is 9.36. The summed E-state index contributed by atoms with van der Waals surface area (Å²) in [4.78, 5) is 25.1. The van der Waals surface area contributed by atoms with E-state index in [-0.39, 0.29) is 18.2 Å². The molecular formula is C22H20N2O5S2. The molecule has 0 bridgehead atoms. The number of nitro benzene ring substituents is 1. The van der Waals surface area contributed by atoms with Crippen molar-refractivity contribution in [1.29, 1.82) is 0 Å². The molecule has 0 aliphatic carbocycles. The summed E-state index contributed by atoms with van der Waals surface area (Å²) < 4.78 is 11.9. The molecule has 1 amide bonds. The molecule has 0 spiro atoms. The Balaban J connectivity index is 1.75. The van der Waals surface area contributed by atoms with Crippen molar-refractivity contribution >= 4 is 46.0 Å². The fraction of sp³-hybridized carbons (Fsp3) is 0.182. The maximum absolute atomic E-state index is 12.6. The van der Waals surface area contributed by atoms with Crippen LogP contribution in [0.5, 0.6) is 11.5 Å². The number of ether oxygens (including phenoxy) is 2. The van der Waals surface area contributed by atoms with Crippen molar-refractivity contribution < 1.29 is 19.2 Å². The summed E-state index contributed by atoms with van der Waals surface area (Å²) in [7, 11) is 0. The van der Waals surface area contributed by atoms with Gasteiger partial charge in [0.2, 0.25) is 0 Å². The van der Waals surface area contributed by atoms with Gasteiger partial charge in [-0.1, -0.05) is 47.8 Å². The minimum Gasteiger partial charge on any atom is -0.490 e. The summed E-state index contributed by atoms with van der Waals surface area (Å²) in [6.07, 6.45) is 3.15. The minimum atomic E-state index is -0.495. The molecule has 9 heteroatoms. The lowest BCUT2D eigenvalue weighted by Gasteiger charge is -2.11. The molecule has 0 radical (unpaired) electrons. The van der Waals surface area contributed by atoms with Gasteiger partial charge in [-0.25, -0.2) is 0 Å². The van der Waals surface area contributed by atoms with Crippen LogP contribution in [0.1, 0.15) is 11.1 Å². The number of non-ortho nitro benzene ring substituents is 1. The van der Waals surface area contributed by atoms with Gasteiger partial charge in [-0.15, -0.1) is 6.58 Å². The second kappa shape index (κ2) is 10.2. The number of thiocarbonyl (C=S) groups is 1. The number of nitrogens with zero attached hydrogens (tertiary/aromatic N) is 2. The predicted octanol–water partition coefficient (Wildman–Crippen LogP) is 4.75. The Morgan fingerprint density at radius 1 is 1.19 bits per heavy atom. The highest BCUT2D eigenvalue weighted by atomic mass is 32.2. The zero-order valence-corrected chi connectivity index (χ0v) is 18.4. The Labute approximate surface area is 189 Å². The molecule has 1 saturated heterocycles. The number of carbonyl (C=O) groups excluding carboxylic acids is 1. The molecule has 160 valence electrons. The van der Waals surface area contributed by atoms with E-state index < -0.39 is 4.92 Å². The molecule has 0 aromatic heterocycles. The maximum atomic E-state index is 12.6. The second-order valence-electron chi connectivity index (χ2n) is 6.57. The Kier molecular flexibility index (Phi) is 7.43. The molecule has 0 N–H and O–H groups in total. The third kappa shape index (κ3) is 5.71. The minimum absolute atomic E-state index is 0.101. The lowest BCUT2D eigenvalue weighted by molar-refractivity contribution is -0.384. The van der Waals surface area contributed by atoms with Gasteiger partial charge in [0.15, 0.2) is 0 Å². The summed E-state index contributed by atoms with van der Waals surface area (Å²) >= 11 is 6.38. The van der Waals surface area contributed by atoms with E-state index in [9.17, 15) is 14.9 Å². The number of hydrogen-bond acceptors (Lipinski definition) is 7. The molecule has 31 heavy (non-hydrogen) atoms. The highest BCUT2D eigenvalue weighted by Crippen LogP contribution is 2.35. The molecule has 2 aromatic carbocycles. The Morgan fingerprint density at radius 3 is 2.58 bits per heavy atom. The van der Waals surface area contributed by atoms with E-state index in [1.807, 2.05) is 31.2 Å². The molecule has 1 aliphatic heterocycles. The highest BCUT2D eigenvalue weighted by Gasteiger charge is 2.31. The molecule has 3 rings (SSSR count). The first-order chi connectivity index (χ1) is 14.9. The molecule has 0 unspecified atom stereocenters. The Bertz CT molecular complexity index is 1050. The third-order valence-corrected chi connectivity index (χ3v) is 5.68. The molecule has 0 atom stereocenters. The van der Waals surface area contributed by atoms with Crippen molar-refractivity contribution in [3.63, 3.8) is 0 Å². The SMILES string of the molecule is C=CCN1C(=O)C(=Cc2cc([N+](=O)[O-])ccc2OCCOc2ccc(C)cc2)SC1=S. The van der Waals surface area contributed by atoms with E-state index in [0.29, 0.717) is 33.7 Å². The number of benzene rings is 2. The third-order valence-electron chi connectivity index (χ3n) is 4.31. The smallest absolute Gasteiger partial charge is 0.270 e. The monoisotopic (exact) mass is 456 g/mol. The van der Waals surface area contributed by atoms with Crippen LogP contribution in [-0.4, -0.2) is 39.8 Å². The van der Waals surface area contributed by atoms with Crippen LogP contribution in [0.4, 0.5) is 5.69 Å². The Hall–Kier alpha value is -3.17. The molecule has 1 aliphatic rings. The largest absolute Gasteiger partial charge is 0.490 e. The lowest BCUT2D eigenvalue weighted by atomic mass is 10.1. The zero-order valence-electron chi connectivity index (χ0n) is 16.8. The normalized spacial score (nSPS) is 14.7. The van der Waals surface area contributed by atoms with Crippen molar-refractivity contribution in [2.24, 2.45) is 0 Å². The van der Waals surface area contributed by atoms with E-state index in [1.54, 1.807) is 12.2 Å². The van der Waals surface area contributed by atoms with Crippen molar-refractivity contribution in [1.82, 2.24) is 4.90 Å². The fourth-order valence-corrected chi connectivity index (χ4v) is 4.03. The number of thioether (sulfide) groups is 1. The number of aryl methyl sites for hydroxylation is 1. The van der Waals surface area contributed by atoms with E-state index >= 15 is 0 Å². The molecule has 0 saturated carbocycles. The van der Waals surface area contributed by atoms with E-state index in [0.717, 1.165) is 23.1 Å². The summed E-state index contributed by atoms with van der Waals surface area (Å²) in [5, 5.41) is 11.2. The van der Waals surface area contributed by atoms with Gasteiger partial charge < -0.3 is 9.47 Å². The standard InChI is InChI=1S/C22H20N2O5S2/c1-3-10-23-21(25)20(31-22(23)30)14-16-13-17(24(26)27)6-9-19(16)29-12-11-28-18-7-4-15(2)5-8-18/h3-9,13-14H,1,10-12H2,2H3. The number of nitro groups is 1. The first kappa shape index (κ1) is 22.5. The van der Waals surface area contributed by atoms with Crippen LogP contribution in [0.3, 0.4) is 0 Å². The first-order valence-corrected chi connectivity index (χ1v) is 10.6. The molecule has 2 aromatic rings. The second-order valence-corrected chi connectivity index (χ2v) is 8.25.